The Hall–Kier alpha value is -7.68. The summed E-state index contributed by atoms with van der Waals surface area (Å²) in [6, 6.07) is 80.2. The molecule has 0 saturated heterocycles. The molecule has 0 heterocycles. The van der Waals surface area contributed by atoms with Crippen LogP contribution < -0.4 is 9.80 Å². The fraction of sp³-hybridized carbons (Fsp3) is 0. The van der Waals surface area contributed by atoms with Crippen LogP contribution >= 0.6 is 0 Å². The van der Waals surface area contributed by atoms with Gasteiger partial charge in [0.05, 0.1) is 34.1 Å². The van der Waals surface area contributed by atoms with Gasteiger partial charge in [0.1, 0.15) is 0 Å². The van der Waals surface area contributed by atoms with Gasteiger partial charge in [0.15, 0.2) is 0 Å². The molecule has 0 aliphatic carbocycles. The Labute approximate surface area is 336 Å². The van der Waals surface area contributed by atoms with Crippen molar-refractivity contribution in [3.8, 4) is 0 Å². The third kappa shape index (κ3) is 4.92. The molecule has 0 N–H and O–H groups in total. The molecule has 0 aliphatic rings. The normalized spacial score (nSPS) is 11.8. The molecule has 0 saturated carbocycles. The molecule has 0 spiro atoms. The van der Waals surface area contributed by atoms with Gasteiger partial charge in [0.25, 0.3) is 0 Å². The summed E-state index contributed by atoms with van der Waals surface area (Å²) >= 11 is 0. The molecule has 0 aromatic heterocycles. The number of fused-ring (bicyclic) bond motifs is 4. The van der Waals surface area contributed by atoms with Gasteiger partial charge in [-0.25, -0.2) is 0 Å². The third-order valence-corrected chi connectivity index (χ3v) is 12.1. The highest BCUT2D eigenvalue weighted by molar-refractivity contribution is 6.29. The van der Waals surface area contributed by atoms with Crippen LogP contribution in [-0.4, -0.2) is 0 Å². The van der Waals surface area contributed by atoms with Crippen molar-refractivity contribution in [2.45, 2.75) is 0 Å². The highest BCUT2D eigenvalue weighted by Crippen LogP contribution is 2.50. The van der Waals surface area contributed by atoms with Gasteiger partial charge in [-0.3, -0.25) is 0 Å². The lowest BCUT2D eigenvalue weighted by Crippen LogP contribution is -2.12. The Balaban J connectivity index is 1.17. The number of anilines is 6. The van der Waals surface area contributed by atoms with Gasteiger partial charge < -0.3 is 9.80 Å². The van der Waals surface area contributed by atoms with Crippen molar-refractivity contribution in [1.82, 2.24) is 0 Å². The van der Waals surface area contributed by atoms with Crippen molar-refractivity contribution in [1.29, 1.82) is 0 Å². The fourth-order valence-corrected chi connectivity index (χ4v) is 9.55. The first-order valence-electron chi connectivity index (χ1n) is 20.0. The summed E-state index contributed by atoms with van der Waals surface area (Å²) < 4.78 is 0. The molecular weight excluding hydrogens is 701 g/mol. The predicted molar refractivity (Wildman–Crippen MR) is 250 cm³/mol. The van der Waals surface area contributed by atoms with E-state index in [0.29, 0.717) is 0 Å². The number of rotatable bonds is 6. The SMILES string of the molecule is c1ccc2c(N(c3cccc4ccccc34)c3ccc4ccc5c(N(c6cccc7ccccc67)c6cccc7ccccc67)ccc6ccc3c4c65)cccc2c1. The molecule has 0 radical (unpaired) electrons. The van der Waals surface area contributed by atoms with Gasteiger partial charge in [-0.2, -0.15) is 0 Å². The highest BCUT2D eigenvalue weighted by atomic mass is 15.2. The molecule has 12 aromatic carbocycles. The number of hydrogen-bond acceptors (Lipinski definition) is 2. The minimum atomic E-state index is 1.15. The fourth-order valence-electron chi connectivity index (χ4n) is 9.55. The van der Waals surface area contributed by atoms with E-state index in [1.54, 1.807) is 0 Å². The summed E-state index contributed by atoms with van der Waals surface area (Å²) in [5, 5.41) is 17.2. The van der Waals surface area contributed by atoms with E-state index in [4.69, 9.17) is 0 Å². The Bertz CT molecular complexity index is 3130. The van der Waals surface area contributed by atoms with E-state index in [-0.39, 0.29) is 0 Å². The Kier molecular flexibility index (Phi) is 7.26. The van der Waals surface area contributed by atoms with Gasteiger partial charge in [-0.1, -0.05) is 182 Å². The molecule has 58 heavy (non-hydrogen) atoms. The molecule has 0 unspecified atom stereocenters. The average Bonchev–Trinajstić information content (AvgIpc) is 3.29. The first-order chi connectivity index (χ1) is 28.8. The Morgan fingerprint density at radius 2 is 0.431 bits per heavy atom. The van der Waals surface area contributed by atoms with Crippen molar-refractivity contribution >= 4 is 110 Å². The topological polar surface area (TPSA) is 6.48 Å². The molecule has 0 aliphatic heterocycles. The quantitative estimate of drug-likeness (QED) is 0.157. The summed E-state index contributed by atoms with van der Waals surface area (Å²) in [5.74, 6) is 0. The van der Waals surface area contributed by atoms with Crippen LogP contribution in [-0.2, 0) is 0 Å². The smallest absolute Gasteiger partial charge is 0.0541 e. The lowest BCUT2D eigenvalue weighted by atomic mass is 9.91. The maximum absolute atomic E-state index is 2.50. The van der Waals surface area contributed by atoms with Crippen molar-refractivity contribution < 1.29 is 0 Å². The van der Waals surface area contributed by atoms with Crippen molar-refractivity contribution in [3.63, 3.8) is 0 Å². The number of benzene rings is 12. The van der Waals surface area contributed by atoms with E-state index >= 15 is 0 Å². The van der Waals surface area contributed by atoms with E-state index in [0.717, 1.165) is 34.1 Å². The van der Waals surface area contributed by atoms with E-state index in [1.807, 2.05) is 0 Å². The van der Waals surface area contributed by atoms with Crippen LogP contribution in [0.2, 0.25) is 0 Å². The predicted octanol–water partition coefficient (Wildman–Crippen LogP) is 16.1. The third-order valence-electron chi connectivity index (χ3n) is 12.1. The maximum atomic E-state index is 2.50. The molecule has 0 atom stereocenters. The van der Waals surface area contributed by atoms with Gasteiger partial charge in [-0.05, 0) is 79.5 Å². The summed E-state index contributed by atoms with van der Waals surface area (Å²) in [6.07, 6.45) is 0. The molecule has 0 amide bonds. The molecule has 2 nitrogen and oxygen atoms in total. The van der Waals surface area contributed by atoms with Crippen LogP contribution in [0.5, 0.6) is 0 Å². The average molecular weight is 737 g/mol. The zero-order valence-electron chi connectivity index (χ0n) is 31.7. The zero-order chi connectivity index (χ0) is 38.2. The zero-order valence-corrected chi connectivity index (χ0v) is 31.7. The second-order valence-corrected chi connectivity index (χ2v) is 15.3. The Morgan fingerprint density at radius 1 is 0.172 bits per heavy atom. The first kappa shape index (κ1) is 32.6. The molecule has 0 bridgehead atoms. The second kappa shape index (κ2) is 12.9. The number of hydrogen-bond donors (Lipinski definition) is 0. The summed E-state index contributed by atoms with van der Waals surface area (Å²) in [6.45, 7) is 0. The first-order valence-corrected chi connectivity index (χ1v) is 20.0. The summed E-state index contributed by atoms with van der Waals surface area (Å²) in [7, 11) is 0. The van der Waals surface area contributed by atoms with Crippen LogP contribution in [0.4, 0.5) is 34.1 Å². The van der Waals surface area contributed by atoms with Gasteiger partial charge in [0, 0.05) is 32.3 Å². The lowest BCUT2D eigenvalue weighted by Gasteiger charge is -2.31. The Morgan fingerprint density at radius 3 is 0.759 bits per heavy atom. The largest absolute Gasteiger partial charge is 0.309 e. The molecule has 2 heteroatoms. The molecule has 12 rings (SSSR count). The standard InChI is InChI=1S/C56H36N2/c1-5-21-43-37(13-1)17-9-25-49(43)57(50-26-10-18-38-14-2-6-22-44(38)50)53-35-31-41-30-34-48-54(36-32-42-29-33-47(53)55(41)56(42)48)58(51-27-11-19-39-15-3-7-23-45(39)51)52-28-12-20-40-16-4-8-24-46(40)52/h1-36H. The molecule has 0 fully saturated rings. The minimum absolute atomic E-state index is 1.15. The monoisotopic (exact) mass is 736 g/mol. The van der Waals surface area contributed by atoms with Gasteiger partial charge in [-0.15, -0.1) is 0 Å². The van der Waals surface area contributed by atoms with Gasteiger partial charge in [0.2, 0.25) is 0 Å². The second-order valence-electron chi connectivity index (χ2n) is 15.3. The van der Waals surface area contributed by atoms with Crippen LogP contribution in [0.25, 0.3) is 75.4 Å². The van der Waals surface area contributed by atoms with E-state index in [2.05, 4.69) is 228 Å². The summed E-state index contributed by atoms with van der Waals surface area (Å²) in [5.41, 5.74) is 6.93. The van der Waals surface area contributed by atoms with Crippen molar-refractivity contribution in [2.24, 2.45) is 0 Å². The van der Waals surface area contributed by atoms with Crippen molar-refractivity contribution in [3.05, 3.63) is 218 Å². The maximum Gasteiger partial charge on any atom is 0.0541 e. The van der Waals surface area contributed by atoms with Crippen molar-refractivity contribution in [2.75, 3.05) is 9.80 Å². The molecule has 270 valence electrons. The van der Waals surface area contributed by atoms with Crippen LogP contribution in [0.15, 0.2) is 218 Å². The highest BCUT2D eigenvalue weighted by Gasteiger charge is 2.24. The van der Waals surface area contributed by atoms with Crippen LogP contribution in [0.3, 0.4) is 0 Å². The number of nitrogens with zero attached hydrogens (tertiary/aromatic N) is 2. The van der Waals surface area contributed by atoms with E-state index < -0.39 is 0 Å². The lowest BCUT2D eigenvalue weighted by molar-refractivity contribution is 1.33. The van der Waals surface area contributed by atoms with Gasteiger partial charge >= 0.3 is 0 Å². The molecular formula is C56H36N2. The van der Waals surface area contributed by atoms with E-state index in [9.17, 15) is 0 Å². The van der Waals surface area contributed by atoms with Crippen LogP contribution in [0, 0.1) is 0 Å². The minimum Gasteiger partial charge on any atom is -0.309 e. The summed E-state index contributed by atoms with van der Waals surface area (Å²) in [4.78, 5) is 4.99. The van der Waals surface area contributed by atoms with E-state index in [1.165, 1.54) is 75.4 Å². The van der Waals surface area contributed by atoms with Crippen LogP contribution in [0.1, 0.15) is 0 Å². The molecule has 12 aromatic rings.